The zero-order valence-electron chi connectivity index (χ0n) is 12.3. The summed E-state index contributed by atoms with van der Waals surface area (Å²) in [5.74, 6) is 0.840. The number of aromatic nitrogens is 4. The number of hydrogen-bond donors (Lipinski definition) is 1. The van der Waals surface area contributed by atoms with E-state index in [2.05, 4.69) is 27.8 Å². The van der Waals surface area contributed by atoms with Crippen LogP contribution in [0.4, 0.5) is 0 Å². The monoisotopic (exact) mass is 268 g/mol. The van der Waals surface area contributed by atoms with E-state index < -0.39 is 0 Å². The van der Waals surface area contributed by atoms with Crippen molar-refractivity contribution in [3.05, 3.63) is 5.82 Å². The molecule has 7 nitrogen and oxygen atoms in total. The third-order valence-electron chi connectivity index (χ3n) is 2.67. The number of carbonyl (C=O) groups excluding carboxylic acids is 1. The van der Waals surface area contributed by atoms with Crippen molar-refractivity contribution in [2.45, 2.75) is 53.2 Å². The molecule has 0 aliphatic rings. The summed E-state index contributed by atoms with van der Waals surface area (Å²) in [4.78, 5) is 13.8. The van der Waals surface area contributed by atoms with Gasteiger partial charge >= 0.3 is 0 Å². The molecule has 0 aliphatic heterocycles. The highest BCUT2D eigenvalue weighted by Crippen LogP contribution is 2.01. The fourth-order valence-electron chi connectivity index (χ4n) is 1.77. The fourth-order valence-corrected chi connectivity index (χ4v) is 1.77. The Balaban J connectivity index is 2.56. The van der Waals surface area contributed by atoms with Gasteiger partial charge in [0.15, 0.2) is 5.82 Å². The fraction of sp³-hybridized carbons (Fsp3) is 0.833. The van der Waals surface area contributed by atoms with Gasteiger partial charge in [-0.05, 0) is 37.2 Å². The van der Waals surface area contributed by atoms with Crippen LogP contribution >= 0.6 is 0 Å². The van der Waals surface area contributed by atoms with E-state index in [1.54, 1.807) is 4.68 Å². The van der Waals surface area contributed by atoms with Crippen LogP contribution in [0.1, 0.15) is 39.9 Å². The van der Waals surface area contributed by atoms with Crippen LogP contribution in [0, 0.1) is 0 Å². The lowest BCUT2D eigenvalue weighted by Gasteiger charge is -2.20. The number of nitrogens with zero attached hydrogens (tertiary/aromatic N) is 5. The van der Waals surface area contributed by atoms with E-state index >= 15 is 0 Å². The van der Waals surface area contributed by atoms with Crippen LogP contribution in [0.5, 0.6) is 0 Å². The number of aryl methyl sites for hydroxylation is 1. The molecule has 1 amide bonds. The molecule has 1 rings (SSSR count). The average molecular weight is 268 g/mol. The van der Waals surface area contributed by atoms with Gasteiger partial charge in [0.1, 0.15) is 0 Å². The molecule has 1 aromatic heterocycles. The second-order valence-electron chi connectivity index (χ2n) is 4.84. The Kier molecular flexibility index (Phi) is 6.41. The standard InChI is InChI=1S/C12H24N6O/c1-5-7-18-11(14-15-16-18)8-17(6-2)9-12(19)13-10(3)4/h10H,5-9H2,1-4H3,(H,13,19). The number of tetrazole rings is 1. The predicted octanol–water partition coefficient (Wildman–Crippen LogP) is 0.430. The molecular formula is C12H24N6O. The maximum atomic E-state index is 11.8. The van der Waals surface area contributed by atoms with Crippen molar-refractivity contribution in [2.24, 2.45) is 0 Å². The lowest BCUT2D eigenvalue weighted by Crippen LogP contribution is -2.40. The second-order valence-corrected chi connectivity index (χ2v) is 4.84. The Bertz CT molecular complexity index is 389. The molecule has 1 N–H and O–H groups in total. The molecule has 1 heterocycles. The van der Waals surface area contributed by atoms with Gasteiger partial charge < -0.3 is 5.32 Å². The van der Waals surface area contributed by atoms with E-state index in [9.17, 15) is 4.79 Å². The highest BCUT2D eigenvalue weighted by atomic mass is 16.2. The highest BCUT2D eigenvalue weighted by molar-refractivity contribution is 5.78. The normalized spacial score (nSPS) is 11.3. The number of likely N-dealkylation sites (N-methyl/N-ethyl adjacent to an activating group) is 1. The summed E-state index contributed by atoms with van der Waals surface area (Å²) in [5.41, 5.74) is 0. The minimum atomic E-state index is 0.0337. The smallest absolute Gasteiger partial charge is 0.234 e. The third-order valence-corrected chi connectivity index (χ3v) is 2.67. The van der Waals surface area contributed by atoms with Crippen molar-refractivity contribution in [1.29, 1.82) is 0 Å². The Morgan fingerprint density at radius 2 is 2.16 bits per heavy atom. The van der Waals surface area contributed by atoms with Crippen molar-refractivity contribution >= 4 is 5.91 Å². The summed E-state index contributed by atoms with van der Waals surface area (Å²) in [6, 6.07) is 0.164. The Morgan fingerprint density at radius 3 is 2.74 bits per heavy atom. The lowest BCUT2D eigenvalue weighted by atomic mass is 10.3. The molecule has 0 fully saturated rings. The van der Waals surface area contributed by atoms with Gasteiger partial charge in [0.25, 0.3) is 0 Å². The van der Waals surface area contributed by atoms with Gasteiger partial charge in [-0.3, -0.25) is 9.69 Å². The van der Waals surface area contributed by atoms with Crippen molar-refractivity contribution in [3.8, 4) is 0 Å². The number of hydrogen-bond acceptors (Lipinski definition) is 5. The van der Waals surface area contributed by atoms with Gasteiger partial charge in [-0.25, -0.2) is 4.68 Å². The molecule has 0 spiro atoms. The van der Waals surface area contributed by atoms with Crippen LogP contribution < -0.4 is 5.32 Å². The van der Waals surface area contributed by atoms with Gasteiger partial charge in [-0.2, -0.15) is 0 Å². The zero-order chi connectivity index (χ0) is 14.3. The van der Waals surface area contributed by atoms with Crippen molar-refractivity contribution < 1.29 is 4.79 Å². The summed E-state index contributed by atoms with van der Waals surface area (Å²) < 4.78 is 1.79. The van der Waals surface area contributed by atoms with Crippen LogP contribution in [0.15, 0.2) is 0 Å². The average Bonchev–Trinajstić information content (AvgIpc) is 2.75. The first-order valence-electron chi connectivity index (χ1n) is 6.83. The minimum absolute atomic E-state index is 0.0337. The first kappa shape index (κ1) is 15.6. The maximum Gasteiger partial charge on any atom is 0.234 e. The molecule has 19 heavy (non-hydrogen) atoms. The molecule has 0 aliphatic carbocycles. The molecule has 0 saturated carbocycles. The van der Waals surface area contributed by atoms with Crippen LogP contribution in [0.25, 0.3) is 0 Å². The summed E-state index contributed by atoms with van der Waals surface area (Å²) in [7, 11) is 0. The van der Waals surface area contributed by atoms with E-state index in [0.717, 1.165) is 25.3 Å². The molecular weight excluding hydrogens is 244 g/mol. The Labute approximate surface area is 114 Å². The van der Waals surface area contributed by atoms with Gasteiger partial charge in [0.05, 0.1) is 13.1 Å². The minimum Gasteiger partial charge on any atom is -0.353 e. The van der Waals surface area contributed by atoms with Crippen LogP contribution in [0.3, 0.4) is 0 Å². The van der Waals surface area contributed by atoms with E-state index in [0.29, 0.717) is 13.1 Å². The lowest BCUT2D eigenvalue weighted by molar-refractivity contribution is -0.122. The molecule has 0 radical (unpaired) electrons. The molecule has 1 aromatic rings. The van der Waals surface area contributed by atoms with E-state index in [-0.39, 0.29) is 11.9 Å². The number of carbonyl (C=O) groups is 1. The van der Waals surface area contributed by atoms with Crippen molar-refractivity contribution in [1.82, 2.24) is 30.4 Å². The molecule has 0 saturated heterocycles. The quantitative estimate of drug-likeness (QED) is 0.740. The van der Waals surface area contributed by atoms with E-state index in [4.69, 9.17) is 0 Å². The van der Waals surface area contributed by atoms with Crippen LogP contribution in [-0.2, 0) is 17.9 Å². The maximum absolute atomic E-state index is 11.8. The van der Waals surface area contributed by atoms with Gasteiger partial charge in [-0.15, -0.1) is 5.10 Å². The van der Waals surface area contributed by atoms with Crippen LogP contribution in [-0.4, -0.2) is 50.1 Å². The summed E-state index contributed by atoms with van der Waals surface area (Å²) >= 11 is 0. The number of rotatable bonds is 8. The van der Waals surface area contributed by atoms with Gasteiger partial charge in [0, 0.05) is 12.6 Å². The van der Waals surface area contributed by atoms with E-state index in [1.807, 2.05) is 25.7 Å². The molecule has 7 heteroatoms. The number of nitrogens with one attached hydrogen (secondary N) is 1. The first-order valence-corrected chi connectivity index (χ1v) is 6.83. The second kappa shape index (κ2) is 7.83. The largest absolute Gasteiger partial charge is 0.353 e. The topological polar surface area (TPSA) is 75.9 Å². The molecule has 0 aromatic carbocycles. The zero-order valence-corrected chi connectivity index (χ0v) is 12.3. The molecule has 108 valence electrons. The molecule has 0 bridgehead atoms. The van der Waals surface area contributed by atoms with Gasteiger partial charge in [0.2, 0.25) is 5.91 Å². The summed E-state index contributed by atoms with van der Waals surface area (Å²) in [6.45, 7) is 10.6. The molecule has 0 atom stereocenters. The van der Waals surface area contributed by atoms with Crippen molar-refractivity contribution in [2.75, 3.05) is 13.1 Å². The van der Waals surface area contributed by atoms with Gasteiger partial charge in [-0.1, -0.05) is 13.8 Å². The summed E-state index contributed by atoms with van der Waals surface area (Å²) in [6.07, 6.45) is 0.984. The third kappa shape index (κ3) is 5.34. The Hall–Kier alpha value is -1.50. The predicted molar refractivity (Wildman–Crippen MR) is 72.3 cm³/mol. The summed E-state index contributed by atoms with van der Waals surface area (Å²) in [5, 5.41) is 14.5. The highest BCUT2D eigenvalue weighted by Gasteiger charge is 2.14. The Morgan fingerprint density at radius 1 is 1.42 bits per heavy atom. The van der Waals surface area contributed by atoms with E-state index in [1.165, 1.54) is 0 Å². The number of amides is 1. The SMILES string of the molecule is CCCn1nnnc1CN(CC)CC(=O)NC(C)C. The first-order chi connectivity index (χ1) is 9.06. The van der Waals surface area contributed by atoms with Crippen LogP contribution in [0.2, 0.25) is 0 Å². The molecule has 0 unspecified atom stereocenters. The van der Waals surface area contributed by atoms with Crippen molar-refractivity contribution in [3.63, 3.8) is 0 Å².